The third-order valence-corrected chi connectivity index (χ3v) is 17.1. The molecule has 8 aromatic heterocycles. The van der Waals surface area contributed by atoms with E-state index < -0.39 is 0 Å². The second-order valence-electron chi connectivity index (χ2n) is 31.3. The molecule has 8 aromatic rings. The minimum Gasteiger partial charge on any atom is -0.438 e. The van der Waals surface area contributed by atoms with Gasteiger partial charge in [0.2, 0.25) is 0 Å². The van der Waals surface area contributed by atoms with E-state index in [9.17, 15) is 0 Å². The topological polar surface area (TPSA) is 168 Å². The standard InChI is InChI=1S/C10H13N.4C9H11NO.4C9H11NS/c1-5-9-8(6-7-11-9)10(2,3)4;1-5-8-10-7(6-11-8)9(2,3)4;1-5-8-10-6-7(11-8)9(2,3)4;1-5-8-7(6-11-10-8)9(2,3)4;1-5-7-6-8(11-10-7)9(2,3)4;1-5-8-10-7(6-11-8)9(2,3)4;1-5-8-10-6-7(11-8)9(2,3)4;1-5-8-7(6-11-10-8)9(2,3)4;1-5-7-6-8(11-10-7)9(2,3)4/h1,6H,7H2,2-4H3;8*1,6H,2-4H3. The zero-order valence-electron chi connectivity index (χ0n) is 63.4. The average Bonchev–Trinajstić information content (AvgIpc) is 1.77. The number of aliphatic imine (C=N–C) groups is 1. The fourth-order valence-electron chi connectivity index (χ4n) is 7.08. The summed E-state index contributed by atoms with van der Waals surface area (Å²) in [5.74, 6) is 24.7. The first kappa shape index (κ1) is 87.8. The number of hydrogen-bond acceptors (Lipinski definition) is 17. The van der Waals surface area contributed by atoms with E-state index in [1.165, 1.54) is 55.3 Å². The lowest BCUT2D eigenvalue weighted by atomic mass is 9.84. The van der Waals surface area contributed by atoms with Crippen LogP contribution in [0.5, 0.6) is 0 Å². The summed E-state index contributed by atoms with van der Waals surface area (Å²) in [4.78, 5) is 23.0. The summed E-state index contributed by atoms with van der Waals surface area (Å²) in [5.41, 5.74) is 9.62. The average molecular weight is 1410 g/mol. The Labute approximate surface area is 610 Å². The van der Waals surface area contributed by atoms with Gasteiger partial charge >= 0.3 is 0 Å². The van der Waals surface area contributed by atoms with Crippen LogP contribution >= 0.6 is 45.7 Å². The molecule has 0 radical (unpaired) electrons. The maximum absolute atomic E-state index is 5.30. The highest BCUT2D eigenvalue weighted by Gasteiger charge is 2.25. The van der Waals surface area contributed by atoms with Crippen molar-refractivity contribution in [3.05, 3.63) is 148 Å². The van der Waals surface area contributed by atoms with E-state index in [1.807, 2.05) is 64.6 Å². The Kier molecular flexibility index (Phi) is 33.4. The summed E-state index contributed by atoms with van der Waals surface area (Å²) in [5, 5.41) is 13.0. The van der Waals surface area contributed by atoms with E-state index in [4.69, 9.17) is 75.7 Å². The zero-order chi connectivity index (χ0) is 76.3. The molecule has 99 heavy (non-hydrogen) atoms. The van der Waals surface area contributed by atoms with Crippen molar-refractivity contribution in [3.63, 3.8) is 0 Å². The fraction of sp³-hybridized carbons (Fsp3) is 0.451. The number of nitrogens with zero attached hydrogens (tertiary/aromatic N) is 9. The van der Waals surface area contributed by atoms with Gasteiger partial charge in [-0.3, -0.25) is 4.99 Å². The molecule has 0 bridgehead atoms. The lowest BCUT2D eigenvalue weighted by molar-refractivity contribution is 0.328. The van der Waals surface area contributed by atoms with Crippen molar-refractivity contribution >= 4 is 51.5 Å². The number of rotatable bonds is 0. The summed E-state index contributed by atoms with van der Waals surface area (Å²) in [7, 11) is 0. The molecule has 1 aliphatic rings. The van der Waals surface area contributed by atoms with E-state index in [-0.39, 0.29) is 48.7 Å². The van der Waals surface area contributed by atoms with Gasteiger partial charge in [-0.1, -0.05) is 209 Å². The Morgan fingerprint density at radius 1 is 0.434 bits per heavy atom. The monoisotopic (exact) mass is 1400 g/mol. The summed E-state index contributed by atoms with van der Waals surface area (Å²) < 4.78 is 28.3. The first-order valence-corrected chi connectivity index (χ1v) is 34.8. The van der Waals surface area contributed by atoms with Crippen LogP contribution in [0.15, 0.2) is 82.3 Å². The summed E-state index contributed by atoms with van der Waals surface area (Å²) in [6.07, 6.45) is 55.6. The Bertz CT molecular complexity index is 3760. The van der Waals surface area contributed by atoms with Gasteiger partial charge in [0.1, 0.15) is 41.1 Å². The minimum absolute atomic E-state index is 0.0118. The summed E-state index contributed by atoms with van der Waals surface area (Å²) >= 11 is 6.04. The molecule has 0 saturated carbocycles. The molecule has 522 valence electrons. The predicted octanol–water partition coefficient (Wildman–Crippen LogP) is 19.5. The van der Waals surface area contributed by atoms with Gasteiger partial charge in [0, 0.05) is 65.6 Å². The largest absolute Gasteiger partial charge is 0.438 e. The molecular formula is C82H101N9O4S4. The lowest BCUT2D eigenvalue weighted by Gasteiger charge is -2.19. The Morgan fingerprint density at radius 3 is 1.29 bits per heavy atom. The van der Waals surface area contributed by atoms with E-state index in [0.717, 1.165) is 62.1 Å². The fourth-order valence-corrected chi connectivity index (χ4v) is 10.3. The third-order valence-electron chi connectivity index (χ3n) is 13.1. The van der Waals surface area contributed by atoms with E-state index in [0.29, 0.717) is 23.2 Å². The van der Waals surface area contributed by atoms with Crippen molar-refractivity contribution in [1.82, 2.24) is 39.0 Å². The molecule has 0 fully saturated rings. The molecule has 9 rings (SSSR count). The van der Waals surface area contributed by atoms with Crippen molar-refractivity contribution in [1.29, 1.82) is 0 Å². The van der Waals surface area contributed by atoms with Gasteiger partial charge in [0.25, 0.3) is 11.8 Å². The number of terminal acetylenes is 9. The molecule has 0 spiro atoms. The van der Waals surface area contributed by atoms with Crippen molar-refractivity contribution in [2.75, 3.05) is 6.54 Å². The SMILES string of the molecule is C#CC1=NCC=C1C(C)(C)C.C#Cc1cc(C(C)(C)C)on1.C#Cc1cc(C(C)(C)C)sn1.C#Cc1nc(C(C)(C)C)co1.C#Cc1nc(C(C)(C)C)cs1.C#Cc1ncc(C(C)(C)C)o1.C#Cc1ncc(C(C)(C)C)s1.C#Cc1nocc1C(C)(C)C.C#Cc1nscc1C(C)(C)C. The van der Waals surface area contributed by atoms with Gasteiger partial charge in [-0.2, -0.15) is 8.75 Å². The second-order valence-corrected chi connectivity index (χ2v) is 34.6. The van der Waals surface area contributed by atoms with Crippen molar-refractivity contribution in [2.24, 2.45) is 10.4 Å². The number of allylic oxidation sites excluding steroid dienone is 1. The second kappa shape index (κ2) is 37.7. The van der Waals surface area contributed by atoms with Crippen LogP contribution < -0.4 is 0 Å². The highest BCUT2D eigenvalue weighted by molar-refractivity contribution is 7.12. The molecule has 0 aromatic carbocycles. The first-order valence-electron chi connectivity index (χ1n) is 31.5. The molecule has 0 atom stereocenters. The van der Waals surface area contributed by atoms with E-state index in [2.05, 4.69) is 249 Å². The smallest absolute Gasteiger partial charge is 0.273 e. The number of hydrogen-bond donors (Lipinski definition) is 0. The maximum Gasteiger partial charge on any atom is 0.273 e. The molecule has 0 amide bonds. The van der Waals surface area contributed by atoms with Gasteiger partial charge in [-0.25, -0.2) is 19.9 Å². The van der Waals surface area contributed by atoms with Crippen LogP contribution in [0.3, 0.4) is 0 Å². The Hall–Kier alpha value is -9.19. The van der Waals surface area contributed by atoms with E-state index >= 15 is 0 Å². The highest BCUT2D eigenvalue weighted by atomic mass is 32.1. The molecule has 17 heteroatoms. The lowest BCUT2D eigenvalue weighted by Crippen LogP contribution is -2.14. The van der Waals surface area contributed by atoms with Gasteiger partial charge in [-0.15, -0.1) is 80.5 Å². The number of oxazole rings is 2. The quantitative estimate of drug-likeness (QED) is 0.132. The molecule has 0 unspecified atom stereocenters. The molecule has 0 aliphatic carbocycles. The summed E-state index contributed by atoms with van der Waals surface area (Å²) in [6, 6.07) is 3.77. The van der Waals surface area contributed by atoms with Crippen LogP contribution in [-0.4, -0.2) is 51.3 Å². The van der Waals surface area contributed by atoms with Crippen LogP contribution in [0, 0.1) is 117 Å². The molecule has 0 saturated heterocycles. The summed E-state index contributed by atoms with van der Waals surface area (Å²) in [6.45, 7) is 57.6. The molecule has 9 heterocycles. The van der Waals surface area contributed by atoms with Gasteiger partial charge in [-0.05, 0) is 109 Å². The molecule has 1 aliphatic heterocycles. The van der Waals surface area contributed by atoms with Crippen LogP contribution in [0.4, 0.5) is 0 Å². The zero-order valence-corrected chi connectivity index (χ0v) is 66.7. The van der Waals surface area contributed by atoms with Crippen molar-refractivity contribution < 1.29 is 17.9 Å². The van der Waals surface area contributed by atoms with Crippen molar-refractivity contribution in [2.45, 2.75) is 230 Å². The Morgan fingerprint density at radius 2 is 0.990 bits per heavy atom. The number of aromatic nitrogens is 8. The highest BCUT2D eigenvalue weighted by Crippen LogP contribution is 2.32. The third kappa shape index (κ3) is 31.1. The van der Waals surface area contributed by atoms with Crippen LogP contribution in [0.1, 0.15) is 275 Å². The maximum atomic E-state index is 5.30. The van der Waals surface area contributed by atoms with Crippen LogP contribution in [0.2, 0.25) is 0 Å². The molecular weight excluding hydrogens is 1300 g/mol. The van der Waals surface area contributed by atoms with Crippen LogP contribution in [0.25, 0.3) is 0 Å². The number of thiazole rings is 2. The van der Waals surface area contributed by atoms with Gasteiger partial charge < -0.3 is 17.9 Å². The minimum atomic E-state index is -0.0118. The Balaban J connectivity index is 0.000000557. The van der Waals surface area contributed by atoms with Crippen LogP contribution in [-0.2, 0) is 43.3 Å². The predicted molar refractivity (Wildman–Crippen MR) is 416 cm³/mol. The van der Waals surface area contributed by atoms with Gasteiger partial charge in [0.05, 0.1) is 24.1 Å². The molecule has 0 N–H and O–H groups in total. The molecule has 13 nitrogen and oxygen atoms in total. The normalized spacial score (nSPS) is 11.8. The van der Waals surface area contributed by atoms with Gasteiger partial charge in [0.15, 0.2) is 21.4 Å². The van der Waals surface area contributed by atoms with Crippen molar-refractivity contribution in [3.8, 4) is 111 Å². The first-order chi connectivity index (χ1) is 45.4. The van der Waals surface area contributed by atoms with E-state index in [1.54, 1.807) is 36.1 Å².